The summed E-state index contributed by atoms with van der Waals surface area (Å²) in [5.41, 5.74) is 3.26. The minimum absolute atomic E-state index is 0.156. The summed E-state index contributed by atoms with van der Waals surface area (Å²) in [6, 6.07) is 24.0. The van der Waals surface area contributed by atoms with Gasteiger partial charge in [-0.1, -0.05) is 60.7 Å². The van der Waals surface area contributed by atoms with Gasteiger partial charge in [0.25, 0.3) is 5.91 Å². The van der Waals surface area contributed by atoms with Crippen molar-refractivity contribution in [3.8, 4) is 0 Å². The maximum Gasteiger partial charge on any atom is 0.267 e. The highest BCUT2D eigenvalue weighted by atomic mass is 32.1. The number of aryl methyl sites for hydroxylation is 1. The van der Waals surface area contributed by atoms with Gasteiger partial charge in [-0.25, -0.2) is 0 Å². The second-order valence-electron chi connectivity index (χ2n) is 7.40. The van der Waals surface area contributed by atoms with Crippen LogP contribution in [0.15, 0.2) is 79.0 Å². The Balaban J connectivity index is 1.33. The molecule has 0 radical (unpaired) electrons. The predicted molar refractivity (Wildman–Crippen MR) is 124 cm³/mol. The molecule has 5 rings (SSSR count). The van der Waals surface area contributed by atoms with Crippen molar-refractivity contribution in [2.24, 2.45) is 0 Å². The largest absolute Gasteiger partial charge is 0.304 e. The lowest BCUT2D eigenvalue weighted by molar-refractivity contribution is 0.103. The first-order valence-electron chi connectivity index (χ1n) is 10.1. The fraction of sp³-hybridized carbons (Fsp3) is 0.125. The van der Waals surface area contributed by atoms with Crippen molar-refractivity contribution in [2.75, 3.05) is 5.32 Å². The van der Waals surface area contributed by atoms with Gasteiger partial charge in [0.2, 0.25) is 0 Å². The van der Waals surface area contributed by atoms with Crippen LogP contribution in [0.1, 0.15) is 26.5 Å². The van der Waals surface area contributed by atoms with E-state index in [0.29, 0.717) is 23.8 Å². The molecule has 0 atom stereocenters. The first-order valence-corrected chi connectivity index (χ1v) is 10.9. The lowest BCUT2D eigenvalue weighted by atomic mass is 10.2. The number of hydrogen-bond acceptors (Lipinski definition) is 4. The number of nitrogens with zero attached hydrogens (tertiary/aromatic N) is 4. The summed E-state index contributed by atoms with van der Waals surface area (Å²) in [7, 11) is 0. The van der Waals surface area contributed by atoms with Crippen LogP contribution in [0.2, 0.25) is 0 Å². The monoisotopic (exact) mass is 427 g/mol. The van der Waals surface area contributed by atoms with Crippen LogP contribution in [0.4, 0.5) is 5.82 Å². The minimum atomic E-state index is -0.156. The van der Waals surface area contributed by atoms with Crippen LogP contribution in [0.3, 0.4) is 0 Å². The van der Waals surface area contributed by atoms with Gasteiger partial charge >= 0.3 is 0 Å². The first kappa shape index (κ1) is 19.3. The molecule has 3 aromatic heterocycles. The Bertz CT molecular complexity index is 1330. The van der Waals surface area contributed by atoms with Crippen molar-refractivity contribution < 1.29 is 4.79 Å². The number of nitrogens with one attached hydrogen (secondary N) is 1. The van der Waals surface area contributed by atoms with Gasteiger partial charge in [-0.3, -0.25) is 14.2 Å². The zero-order valence-electron chi connectivity index (χ0n) is 17.0. The molecule has 7 heteroatoms. The van der Waals surface area contributed by atoms with E-state index in [1.54, 1.807) is 0 Å². The van der Waals surface area contributed by atoms with Crippen molar-refractivity contribution in [1.82, 2.24) is 19.6 Å². The van der Waals surface area contributed by atoms with Crippen LogP contribution in [-0.4, -0.2) is 25.5 Å². The maximum absolute atomic E-state index is 12.9. The standard InChI is InChI=1S/C24H21N5OS/c1-17-20-14-21(31-24(20)29(26-17)16-19-10-6-3-7-11-19)23(30)25-22-12-13-28(27-22)15-18-8-4-2-5-9-18/h2-14H,15-16H2,1H3,(H,25,27,30). The molecule has 0 aliphatic heterocycles. The van der Waals surface area contributed by atoms with Gasteiger partial charge in [0.05, 0.1) is 23.7 Å². The van der Waals surface area contributed by atoms with Crippen molar-refractivity contribution in [2.45, 2.75) is 20.0 Å². The molecule has 31 heavy (non-hydrogen) atoms. The molecule has 0 aliphatic rings. The van der Waals surface area contributed by atoms with E-state index in [0.717, 1.165) is 21.5 Å². The van der Waals surface area contributed by atoms with Crippen LogP contribution >= 0.6 is 11.3 Å². The van der Waals surface area contributed by atoms with E-state index in [4.69, 9.17) is 0 Å². The molecular weight excluding hydrogens is 406 g/mol. The maximum atomic E-state index is 12.9. The Kier molecular flexibility index (Phi) is 5.09. The Morgan fingerprint density at radius 2 is 1.61 bits per heavy atom. The average Bonchev–Trinajstić information content (AvgIpc) is 3.48. The van der Waals surface area contributed by atoms with Gasteiger partial charge < -0.3 is 5.32 Å². The minimum Gasteiger partial charge on any atom is -0.304 e. The number of fused-ring (bicyclic) bond motifs is 1. The van der Waals surface area contributed by atoms with Gasteiger partial charge in [-0.05, 0) is 24.1 Å². The van der Waals surface area contributed by atoms with Crippen molar-refractivity contribution >= 4 is 33.3 Å². The van der Waals surface area contributed by atoms with Crippen molar-refractivity contribution in [3.63, 3.8) is 0 Å². The SMILES string of the molecule is Cc1nn(Cc2ccccc2)c2sc(C(=O)Nc3ccn(Cc4ccccc4)n3)cc12. The average molecular weight is 428 g/mol. The number of amides is 1. The summed E-state index contributed by atoms with van der Waals surface area (Å²) >= 11 is 1.45. The third-order valence-corrected chi connectivity index (χ3v) is 6.22. The molecule has 3 heterocycles. The molecule has 154 valence electrons. The number of rotatable bonds is 6. The molecule has 1 amide bonds. The molecule has 5 aromatic rings. The van der Waals surface area contributed by atoms with Gasteiger partial charge in [-0.2, -0.15) is 10.2 Å². The topological polar surface area (TPSA) is 64.7 Å². The molecule has 0 fully saturated rings. The summed E-state index contributed by atoms with van der Waals surface area (Å²) in [5.74, 6) is 0.387. The lowest BCUT2D eigenvalue weighted by Gasteiger charge is -2.03. The van der Waals surface area contributed by atoms with Crippen LogP contribution in [0.25, 0.3) is 10.2 Å². The van der Waals surface area contributed by atoms with Crippen molar-refractivity contribution in [1.29, 1.82) is 0 Å². The van der Waals surface area contributed by atoms with E-state index in [9.17, 15) is 4.79 Å². The molecule has 0 unspecified atom stereocenters. The van der Waals surface area contributed by atoms with E-state index in [-0.39, 0.29) is 5.91 Å². The van der Waals surface area contributed by atoms with Crippen molar-refractivity contribution in [3.05, 3.63) is 101 Å². The zero-order chi connectivity index (χ0) is 21.2. The molecule has 6 nitrogen and oxygen atoms in total. The third-order valence-electron chi connectivity index (χ3n) is 5.08. The van der Waals surface area contributed by atoms with E-state index in [2.05, 4.69) is 39.8 Å². The molecule has 0 spiro atoms. The quantitative estimate of drug-likeness (QED) is 0.417. The predicted octanol–water partition coefficient (Wildman–Crippen LogP) is 4.95. The number of aromatic nitrogens is 4. The molecule has 1 N–H and O–H groups in total. The number of carbonyl (C=O) groups excluding carboxylic acids is 1. The molecule has 0 saturated carbocycles. The van der Waals surface area contributed by atoms with E-state index < -0.39 is 0 Å². The Morgan fingerprint density at radius 3 is 2.32 bits per heavy atom. The zero-order valence-corrected chi connectivity index (χ0v) is 17.8. The smallest absolute Gasteiger partial charge is 0.267 e. The fourth-order valence-electron chi connectivity index (χ4n) is 3.55. The summed E-state index contributed by atoms with van der Waals surface area (Å²) < 4.78 is 3.79. The van der Waals surface area contributed by atoms with Crippen LogP contribution in [0.5, 0.6) is 0 Å². The number of benzene rings is 2. The van der Waals surface area contributed by atoms with E-state index in [1.807, 2.05) is 71.0 Å². The number of hydrogen-bond donors (Lipinski definition) is 1. The molecule has 0 aliphatic carbocycles. The van der Waals surface area contributed by atoms with Gasteiger partial charge in [0.1, 0.15) is 4.83 Å². The highest BCUT2D eigenvalue weighted by Crippen LogP contribution is 2.29. The molecule has 0 bridgehead atoms. The molecular formula is C24H21N5OS. The molecule has 0 saturated heterocycles. The van der Waals surface area contributed by atoms with Crippen LogP contribution in [-0.2, 0) is 13.1 Å². The highest BCUT2D eigenvalue weighted by Gasteiger charge is 2.17. The number of anilines is 1. The summed E-state index contributed by atoms with van der Waals surface area (Å²) in [5, 5.41) is 13.1. The summed E-state index contributed by atoms with van der Waals surface area (Å²) in [6.45, 7) is 3.31. The summed E-state index contributed by atoms with van der Waals surface area (Å²) in [4.78, 5) is 14.5. The Labute approximate surface area is 183 Å². The van der Waals surface area contributed by atoms with E-state index >= 15 is 0 Å². The second kappa shape index (κ2) is 8.20. The number of thiophene rings is 1. The van der Waals surface area contributed by atoms with Gasteiger partial charge in [0.15, 0.2) is 5.82 Å². The Morgan fingerprint density at radius 1 is 0.935 bits per heavy atom. The fourth-order valence-corrected chi connectivity index (χ4v) is 4.61. The number of carbonyl (C=O) groups is 1. The highest BCUT2D eigenvalue weighted by molar-refractivity contribution is 7.20. The van der Waals surface area contributed by atoms with Crippen LogP contribution < -0.4 is 5.32 Å². The van der Waals surface area contributed by atoms with Crippen LogP contribution in [0, 0.1) is 6.92 Å². The van der Waals surface area contributed by atoms with Gasteiger partial charge in [0, 0.05) is 17.6 Å². The second-order valence-corrected chi connectivity index (χ2v) is 8.43. The normalized spacial score (nSPS) is 11.1. The van der Waals surface area contributed by atoms with Gasteiger partial charge in [-0.15, -0.1) is 11.3 Å². The molecule has 2 aromatic carbocycles. The summed E-state index contributed by atoms with van der Waals surface area (Å²) in [6.07, 6.45) is 1.87. The Hall–Kier alpha value is -3.71. The first-order chi connectivity index (χ1) is 15.2. The third kappa shape index (κ3) is 4.13. The lowest BCUT2D eigenvalue weighted by Crippen LogP contribution is -2.11. The van der Waals surface area contributed by atoms with E-state index in [1.165, 1.54) is 16.9 Å².